The Balaban J connectivity index is 1.69. The fraction of sp³-hybridized carbons (Fsp3) is 0.190. The van der Waals surface area contributed by atoms with E-state index in [0.717, 1.165) is 26.7 Å². The molecule has 0 radical (unpaired) electrons. The predicted octanol–water partition coefficient (Wildman–Crippen LogP) is 3.56. The molecule has 0 fully saturated rings. The van der Waals surface area contributed by atoms with Crippen LogP contribution in [0.4, 0.5) is 5.13 Å². The molecule has 3 aromatic rings. The third-order valence-electron chi connectivity index (χ3n) is 4.48. The average molecular weight is 441 g/mol. The van der Waals surface area contributed by atoms with E-state index in [0.29, 0.717) is 10.7 Å². The summed E-state index contributed by atoms with van der Waals surface area (Å²) >= 11 is 1.28. The number of likely N-dealkylation sites (N-methyl/N-ethyl adjacent to an activating group) is 1. The summed E-state index contributed by atoms with van der Waals surface area (Å²) in [5.74, 6) is -0.489. The van der Waals surface area contributed by atoms with E-state index >= 15 is 0 Å². The molecule has 1 amide bonds. The normalized spacial score (nSPS) is 11.3. The van der Waals surface area contributed by atoms with Gasteiger partial charge in [0.1, 0.15) is 0 Å². The zero-order chi connectivity index (χ0) is 21.9. The number of hydrogen-bond donors (Lipinski definition) is 1. The molecule has 0 saturated carbocycles. The minimum Gasteiger partial charge on any atom is -0.301 e. The number of nitrogens with one attached hydrogen (secondary N) is 1. The van der Waals surface area contributed by atoms with Gasteiger partial charge in [0.25, 0.3) is 0 Å². The Morgan fingerprint density at radius 1 is 1.20 bits per heavy atom. The standard InChI is InChI=1S/C21H20N4O3S2/c1-14-4-5-15(2)18(10-14)19-13-29-21(23-19)24-20(26)12-25(3)30(27,28)17-8-6-16(11-22)7-9-17/h4-10,13H,12H2,1-3H3,(H,23,24,26). The van der Waals surface area contributed by atoms with Crippen LogP contribution in [0.15, 0.2) is 52.7 Å². The number of amides is 1. The quantitative estimate of drug-likeness (QED) is 0.631. The van der Waals surface area contributed by atoms with Crippen molar-refractivity contribution < 1.29 is 13.2 Å². The van der Waals surface area contributed by atoms with Crippen LogP contribution in [-0.2, 0) is 14.8 Å². The third-order valence-corrected chi connectivity index (χ3v) is 7.05. The Morgan fingerprint density at radius 3 is 2.57 bits per heavy atom. The minimum absolute atomic E-state index is 0.0169. The second-order valence-electron chi connectivity index (χ2n) is 6.80. The average Bonchev–Trinajstić information content (AvgIpc) is 3.17. The molecule has 7 nitrogen and oxygen atoms in total. The van der Waals surface area contributed by atoms with Crippen molar-refractivity contribution in [2.24, 2.45) is 0 Å². The first kappa shape index (κ1) is 21.6. The largest absolute Gasteiger partial charge is 0.301 e. The molecule has 3 rings (SSSR count). The van der Waals surface area contributed by atoms with Crippen molar-refractivity contribution in [1.82, 2.24) is 9.29 Å². The maximum Gasteiger partial charge on any atom is 0.243 e. The summed E-state index contributed by atoms with van der Waals surface area (Å²) in [4.78, 5) is 16.8. The fourth-order valence-corrected chi connectivity index (χ4v) is 4.65. The van der Waals surface area contributed by atoms with E-state index in [4.69, 9.17) is 5.26 Å². The minimum atomic E-state index is -3.85. The first-order valence-corrected chi connectivity index (χ1v) is 11.3. The molecule has 0 atom stereocenters. The number of benzene rings is 2. The van der Waals surface area contributed by atoms with Gasteiger partial charge in [-0.1, -0.05) is 17.7 Å². The first-order valence-electron chi connectivity index (χ1n) is 9.00. The molecular weight excluding hydrogens is 420 g/mol. The lowest BCUT2D eigenvalue weighted by atomic mass is 10.0. The number of thiazole rings is 1. The SMILES string of the molecule is Cc1ccc(C)c(-c2csc(NC(=O)CN(C)S(=O)(=O)c3ccc(C#N)cc3)n2)c1. The van der Waals surface area contributed by atoms with Gasteiger partial charge in [0.2, 0.25) is 15.9 Å². The van der Waals surface area contributed by atoms with Gasteiger partial charge in [0, 0.05) is 18.0 Å². The van der Waals surface area contributed by atoms with Gasteiger partial charge in [-0.25, -0.2) is 13.4 Å². The highest BCUT2D eigenvalue weighted by molar-refractivity contribution is 7.89. The number of aromatic nitrogens is 1. The van der Waals surface area contributed by atoms with Crippen molar-refractivity contribution in [1.29, 1.82) is 5.26 Å². The molecule has 1 heterocycles. The number of carbonyl (C=O) groups is 1. The number of aryl methyl sites for hydroxylation is 2. The van der Waals surface area contributed by atoms with E-state index in [-0.39, 0.29) is 11.4 Å². The molecule has 154 valence electrons. The monoisotopic (exact) mass is 440 g/mol. The molecule has 0 aliphatic rings. The van der Waals surface area contributed by atoms with E-state index in [2.05, 4.69) is 10.3 Å². The summed E-state index contributed by atoms with van der Waals surface area (Å²) in [5.41, 5.74) is 4.31. The fourth-order valence-electron chi connectivity index (χ4n) is 2.79. The van der Waals surface area contributed by atoms with Crippen LogP contribution in [0.25, 0.3) is 11.3 Å². The highest BCUT2D eigenvalue weighted by Crippen LogP contribution is 2.28. The summed E-state index contributed by atoms with van der Waals surface area (Å²) in [7, 11) is -2.52. The van der Waals surface area contributed by atoms with E-state index in [1.54, 1.807) is 0 Å². The van der Waals surface area contributed by atoms with Crippen molar-refractivity contribution in [2.75, 3.05) is 18.9 Å². The van der Waals surface area contributed by atoms with Gasteiger partial charge in [-0.15, -0.1) is 11.3 Å². The third kappa shape index (κ3) is 4.74. The molecule has 2 aromatic carbocycles. The zero-order valence-corrected chi connectivity index (χ0v) is 18.3. The summed E-state index contributed by atoms with van der Waals surface area (Å²) < 4.78 is 26.2. The van der Waals surface area contributed by atoms with Crippen LogP contribution < -0.4 is 5.32 Å². The number of sulfonamides is 1. The van der Waals surface area contributed by atoms with E-state index in [1.807, 2.05) is 43.5 Å². The van der Waals surface area contributed by atoms with Crippen molar-refractivity contribution in [2.45, 2.75) is 18.7 Å². The van der Waals surface area contributed by atoms with Crippen LogP contribution in [0.3, 0.4) is 0 Å². The van der Waals surface area contributed by atoms with E-state index in [1.165, 1.54) is 42.6 Å². The van der Waals surface area contributed by atoms with Gasteiger partial charge in [0.15, 0.2) is 5.13 Å². The Bertz CT molecular complexity index is 1230. The van der Waals surface area contributed by atoms with Gasteiger partial charge in [-0.2, -0.15) is 9.57 Å². The highest BCUT2D eigenvalue weighted by Gasteiger charge is 2.23. The lowest BCUT2D eigenvalue weighted by Crippen LogP contribution is -2.34. The first-order chi connectivity index (χ1) is 14.2. The van der Waals surface area contributed by atoms with Crippen molar-refractivity contribution in [3.05, 3.63) is 64.5 Å². The molecule has 9 heteroatoms. The molecule has 0 spiro atoms. The molecule has 0 aliphatic heterocycles. The second-order valence-corrected chi connectivity index (χ2v) is 9.70. The van der Waals surface area contributed by atoms with Crippen molar-refractivity contribution >= 4 is 32.4 Å². The van der Waals surface area contributed by atoms with Gasteiger partial charge in [-0.3, -0.25) is 4.79 Å². The van der Waals surface area contributed by atoms with Crippen molar-refractivity contribution in [3.8, 4) is 17.3 Å². The van der Waals surface area contributed by atoms with Gasteiger partial charge in [0.05, 0.1) is 28.8 Å². The van der Waals surface area contributed by atoms with Gasteiger partial charge < -0.3 is 5.32 Å². The lowest BCUT2D eigenvalue weighted by molar-refractivity contribution is -0.116. The number of nitriles is 1. The number of anilines is 1. The molecule has 0 aliphatic carbocycles. The van der Waals surface area contributed by atoms with Gasteiger partial charge in [-0.05, 0) is 49.7 Å². The van der Waals surface area contributed by atoms with E-state index < -0.39 is 15.9 Å². The van der Waals surface area contributed by atoms with Crippen LogP contribution >= 0.6 is 11.3 Å². The Labute approximate surface area is 179 Å². The summed E-state index contributed by atoms with van der Waals surface area (Å²) in [6.07, 6.45) is 0. The van der Waals surface area contributed by atoms with Crippen LogP contribution in [0.1, 0.15) is 16.7 Å². The van der Waals surface area contributed by atoms with Crippen LogP contribution in [-0.4, -0.2) is 37.2 Å². The number of hydrogen-bond acceptors (Lipinski definition) is 6. The predicted molar refractivity (Wildman–Crippen MR) is 117 cm³/mol. The molecule has 0 unspecified atom stereocenters. The zero-order valence-electron chi connectivity index (χ0n) is 16.7. The number of rotatable bonds is 6. The van der Waals surface area contributed by atoms with Crippen LogP contribution in [0, 0.1) is 25.2 Å². The van der Waals surface area contributed by atoms with Crippen molar-refractivity contribution in [3.63, 3.8) is 0 Å². The van der Waals surface area contributed by atoms with Gasteiger partial charge >= 0.3 is 0 Å². The van der Waals surface area contributed by atoms with E-state index in [9.17, 15) is 13.2 Å². The topological polar surface area (TPSA) is 103 Å². The molecule has 0 saturated heterocycles. The number of carbonyl (C=O) groups excluding carboxylic acids is 1. The molecule has 1 aromatic heterocycles. The molecule has 1 N–H and O–H groups in total. The summed E-state index contributed by atoms with van der Waals surface area (Å²) in [5, 5.41) is 13.8. The molecule has 30 heavy (non-hydrogen) atoms. The Kier molecular flexibility index (Phi) is 6.31. The maximum absolute atomic E-state index is 12.6. The Morgan fingerprint density at radius 2 is 1.90 bits per heavy atom. The summed E-state index contributed by atoms with van der Waals surface area (Å²) in [6.45, 7) is 3.64. The smallest absolute Gasteiger partial charge is 0.243 e. The summed E-state index contributed by atoms with van der Waals surface area (Å²) in [6, 6.07) is 13.6. The molecule has 0 bridgehead atoms. The molecular formula is C21H20N4O3S2. The number of nitrogens with zero attached hydrogens (tertiary/aromatic N) is 3. The lowest BCUT2D eigenvalue weighted by Gasteiger charge is -2.16. The Hall–Kier alpha value is -3.06. The second kappa shape index (κ2) is 8.75. The van der Waals surface area contributed by atoms with Crippen LogP contribution in [0.5, 0.6) is 0 Å². The van der Waals surface area contributed by atoms with Crippen LogP contribution in [0.2, 0.25) is 0 Å². The highest BCUT2D eigenvalue weighted by atomic mass is 32.2. The maximum atomic E-state index is 12.6.